The van der Waals surface area contributed by atoms with Crippen LogP contribution in [0, 0.1) is 5.92 Å². The number of thiazole rings is 2. The molecule has 11 rings (SSSR count). The third kappa shape index (κ3) is 16.3. The third-order valence-corrected chi connectivity index (χ3v) is 23.1. The fourth-order valence-electron chi connectivity index (χ4n) is 14.3. The van der Waals surface area contributed by atoms with Crippen LogP contribution in [0.4, 0.5) is 9.59 Å². The van der Waals surface area contributed by atoms with Gasteiger partial charge >= 0.3 is 12.2 Å². The quantitative estimate of drug-likeness (QED) is 0.155. The Balaban J connectivity index is 0.000000162. The summed E-state index contributed by atoms with van der Waals surface area (Å²) < 4.78 is 10.9. The smallest absolute Gasteiger partial charge is 0.410 e. The number of benzene rings is 3. The number of fused-ring (bicyclic) bond motifs is 3. The van der Waals surface area contributed by atoms with Crippen LogP contribution in [-0.4, -0.2) is 101 Å². The highest BCUT2D eigenvalue weighted by molar-refractivity contribution is 7.15. The maximum Gasteiger partial charge on any atom is 0.410 e. The van der Waals surface area contributed by atoms with Gasteiger partial charge in [0.05, 0.1) is 6.54 Å². The number of amides is 3. The van der Waals surface area contributed by atoms with Gasteiger partial charge in [0.2, 0.25) is 0 Å². The lowest BCUT2D eigenvalue weighted by molar-refractivity contribution is -0.123. The van der Waals surface area contributed by atoms with Crippen LogP contribution in [0.15, 0.2) is 67.0 Å². The second kappa shape index (κ2) is 26.5. The molecule has 3 aromatic carbocycles. The van der Waals surface area contributed by atoms with E-state index in [9.17, 15) is 19.2 Å². The Kier molecular flexibility index (Phi) is 20.3. The van der Waals surface area contributed by atoms with Crippen molar-refractivity contribution in [2.75, 3.05) is 45.8 Å². The van der Waals surface area contributed by atoms with E-state index in [2.05, 4.69) is 149 Å². The first-order chi connectivity index (χ1) is 41.9. The van der Waals surface area contributed by atoms with Crippen LogP contribution in [0.25, 0.3) is 21.1 Å². The molecule has 490 valence electrons. The molecule has 0 bridgehead atoms. The van der Waals surface area contributed by atoms with Gasteiger partial charge in [0.25, 0.3) is 5.91 Å². The highest BCUT2D eigenvalue weighted by Gasteiger charge is 2.41. The van der Waals surface area contributed by atoms with Crippen LogP contribution in [0.2, 0.25) is 0 Å². The van der Waals surface area contributed by atoms with Gasteiger partial charge in [-0.2, -0.15) is 0 Å². The predicted molar refractivity (Wildman–Crippen MR) is 370 cm³/mol. The molecule has 6 aliphatic rings. The van der Waals surface area contributed by atoms with Crippen LogP contribution in [-0.2, 0) is 46.8 Å². The second-order valence-electron chi connectivity index (χ2n) is 32.9. The van der Waals surface area contributed by atoms with Crippen LogP contribution in [0.1, 0.15) is 267 Å². The minimum Gasteiger partial charge on any atom is -0.444 e. The van der Waals surface area contributed by atoms with Gasteiger partial charge in [-0.3, -0.25) is 9.59 Å². The van der Waals surface area contributed by atoms with E-state index in [1.807, 2.05) is 81.2 Å². The van der Waals surface area contributed by atoms with E-state index in [1.165, 1.54) is 97.8 Å². The highest BCUT2D eigenvalue weighted by atomic mass is 32.1. The first-order valence-electron chi connectivity index (χ1n) is 33.8. The van der Waals surface area contributed by atoms with Gasteiger partial charge in [-0.1, -0.05) is 113 Å². The number of ether oxygens (including phenoxy) is 2. The lowest BCUT2D eigenvalue weighted by Gasteiger charge is -2.42. The number of rotatable bonds is 8. The molecule has 3 amide bonds. The number of piperidine rings is 3. The summed E-state index contributed by atoms with van der Waals surface area (Å²) in [6.07, 6.45) is 16.4. The minimum atomic E-state index is -0.532. The molecule has 3 fully saturated rings. The highest BCUT2D eigenvalue weighted by Crippen LogP contribution is 2.50. The van der Waals surface area contributed by atoms with Gasteiger partial charge in [-0.25, -0.2) is 19.6 Å². The summed E-state index contributed by atoms with van der Waals surface area (Å²) in [5.41, 5.74) is 11.8. The fraction of sp³-hybridized carbons (Fsp3) is 0.632. The van der Waals surface area contributed by atoms with E-state index in [0.717, 1.165) is 56.9 Å². The molecule has 0 atom stereocenters. The molecule has 2 aromatic heterocycles. The maximum atomic E-state index is 12.8. The number of aromatic nitrogens is 2. The van der Waals surface area contributed by atoms with Crippen LogP contribution >= 0.6 is 22.7 Å². The third-order valence-electron chi connectivity index (χ3n) is 20.7. The minimum absolute atomic E-state index is 0.0158. The van der Waals surface area contributed by atoms with E-state index in [-0.39, 0.29) is 68.8 Å². The summed E-state index contributed by atoms with van der Waals surface area (Å²) in [7, 11) is 0. The molecule has 0 radical (unpaired) electrons. The number of carbonyl (C=O) groups excluding carboxylic acids is 4. The van der Waals surface area contributed by atoms with Gasteiger partial charge in [0.15, 0.2) is 5.78 Å². The Hall–Kier alpha value is -5.44. The molecule has 14 heteroatoms. The van der Waals surface area contributed by atoms with Crippen molar-refractivity contribution in [2.45, 2.75) is 257 Å². The molecule has 0 spiro atoms. The summed E-state index contributed by atoms with van der Waals surface area (Å²) in [5.74, 6) is 0.823. The number of Topliss-reactive ketones (excluding diaryl/α,β-unsaturated/α-hetero) is 1. The van der Waals surface area contributed by atoms with Crippen molar-refractivity contribution >= 4 is 46.6 Å². The molecule has 90 heavy (non-hydrogen) atoms. The maximum absolute atomic E-state index is 12.8. The zero-order chi connectivity index (χ0) is 65.6. The number of ketones is 1. The molecule has 12 nitrogen and oxygen atoms in total. The van der Waals surface area contributed by atoms with E-state index in [1.54, 1.807) is 4.90 Å². The SMILES string of the molecule is CC(C)(C)OC(=O)N1CCC(C(=O)CNC(=O)c2ccc3c(c2)C(C)(C)CCC3(C)C)CC1.CC(C)(C)OC(=O)N1CCC(c2cnc(-c3ccc4c(c3)C(C)(C)CCC4(C)C)s2)CC1.CC1(C)CCC(C)(C)c2cc(-c3ncc(C4CCNCC4)s3)ccc21. The number of hydrogen-bond donors (Lipinski definition) is 2. The largest absolute Gasteiger partial charge is 0.444 e. The number of hydrogen-bond acceptors (Lipinski definition) is 11. The molecule has 2 N–H and O–H groups in total. The summed E-state index contributed by atoms with van der Waals surface area (Å²) in [6, 6.07) is 20.1. The lowest BCUT2D eigenvalue weighted by Crippen LogP contribution is -2.44. The summed E-state index contributed by atoms with van der Waals surface area (Å²) in [6.45, 7) is 44.1. The second-order valence-corrected chi connectivity index (χ2v) is 35.0. The average Bonchev–Trinajstić information content (AvgIpc) is 0.932. The van der Waals surface area contributed by atoms with Gasteiger partial charge in [-0.05, 0) is 234 Å². The molecule has 5 heterocycles. The first kappa shape index (κ1) is 68.9. The molecule has 3 aliphatic heterocycles. The molecule has 0 unspecified atom stereocenters. The molecular formula is C76H108N6O6S2. The van der Waals surface area contributed by atoms with Crippen molar-refractivity contribution in [1.29, 1.82) is 0 Å². The fourth-order valence-corrected chi connectivity index (χ4v) is 16.5. The number of nitrogens with one attached hydrogen (secondary N) is 2. The lowest BCUT2D eigenvalue weighted by atomic mass is 9.63. The Morgan fingerprint density at radius 1 is 0.500 bits per heavy atom. The van der Waals surface area contributed by atoms with E-state index in [0.29, 0.717) is 43.3 Å². The number of nitrogens with zero attached hydrogens (tertiary/aromatic N) is 4. The van der Waals surface area contributed by atoms with Crippen LogP contribution < -0.4 is 10.6 Å². The molecule has 3 aliphatic carbocycles. The summed E-state index contributed by atoms with van der Waals surface area (Å²) in [4.78, 5) is 66.0. The Morgan fingerprint density at radius 3 is 1.26 bits per heavy atom. The topological polar surface area (TPSA) is 143 Å². The average molecular weight is 1270 g/mol. The van der Waals surface area contributed by atoms with Gasteiger partial charge in [-0.15, -0.1) is 22.7 Å². The van der Waals surface area contributed by atoms with Crippen molar-refractivity contribution in [3.63, 3.8) is 0 Å². The normalized spacial score (nSPS) is 21.0. The van der Waals surface area contributed by atoms with Gasteiger partial charge < -0.3 is 29.9 Å². The zero-order valence-electron chi connectivity index (χ0n) is 58.1. The Morgan fingerprint density at radius 2 is 0.856 bits per heavy atom. The first-order valence-corrected chi connectivity index (χ1v) is 35.4. The Bertz CT molecular complexity index is 3380. The zero-order valence-corrected chi connectivity index (χ0v) is 59.7. The summed E-state index contributed by atoms with van der Waals surface area (Å²) >= 11 is 3.72. The van der Waals surface area contributed by atoms with E-state index < -0.39 is 11.2 Å². The van der Waals surface area contributed by atoms with Crippen molar-refractivity contribution in [3.8, 4) is 21.1 Å². The van der Waals surface area contributed by atoms with E-state index >= 15 is 0 Å². The van der Waals surface area contributed by atoms with Gasteiger partial charge in [0.1, 0.15) is 21.2 Å². The summed E-state index contributed by atoms with van der Waals surface area (Å²) in [5, 5.41) is 8.58. The van der Waals surface area contributed by atoms with Crippen molar-refractivity contribution in [2.24, 2.45) is 5.92 Å². The van der Waals surface area contributed by atoms with E-state index in [4.69, 9.17) is 19.4 Å². The Labute approximate surface area is 548 Å². The molecule has 0 saturated carbocycles. The van der Waals surface area contributed by atoms with Gasteiger partial charge in [0, 0.05) is 70.9 Å². The van der Waals surface area contributed by atoms with Crippen molar-refractivity contribution in [1.82, 2.24) is 30.4 Å². The van der Waals surface area contributed by atoms with Crippen LogP contribution in [0.5, 0.6) is 0 Å². The number of carbonyl (C=O) groups is 4. The standard InChI is InChI=1S/C27H40N2O4.C27H38N2O2S.C22H30N2S/c1-25(2,3)33-24(32)29-14-10-18(11-15-29)22(30)17-28-23(31)19-8-9-20-21(16-19)27(6,7)13-12-26(20,4)5;1-25(2,3)31-24(30)29-14-10-18(11-15-29)22-17-28-23(32-22)19-8-9-20-21(16-19)27(6,7)13-12-26(20,4)5;1-21(2)9-10-22(3,4)18-13-16(5-6-17(18)21)20-24-14-19(25-20)15-7-11-23-12-8-15/h8-9,16,18H,10-15,17H2,1-7H3,(H,28,31);8-9,16-18H,10-15H2,1-7H3;5-6,13-15,23H,7-12H2,1-4H3. The molecular weight excluding hydrogens is 1160 g/mol. The van der Waals surface area contributed by atoms with Crippen molar-refractivity contribution in [3.05, 3.63) is 116 Å². The van der Waals surface area contributed by atoms with Crippen LogP contribution in [0.3, 0.4) is 0 Å². The molecule has 3 saturated heterocycles. The molecule has 5 aromatic rings. The number of likely N-dealkylation sites (tertiary alicyclic amines) is 2. The monoisotopic (exact) mass is 1260 g/mol. The predicted octanol–water partition coefficient (Wildman–Crippen LogP) is 17.9. The van der Waals surface area contributed by atoms with Crippen molar-refractivity contribution < 1.29 is 28.7 Å².